The third-order valence-corrected chi connectivity index (χ3v) is 10.8. The lowest BCUT2D eigenvalue weighted by molar-refractivity contribution is 1.56. The first-order valence-electron chi connectivity index (χ1n) is 18.7. The first kappa shape index (κ1) is 31.7. The fraction of sp³-hybridized carbons (Fsp3) is 0. The topological polar surface area (TPSA) is 0 Å². The van der Waals surface area contributed by atoms with E-state index < -0.39 is 0 Å². The summed E-state index contributed by atoms with van der Waals surface area (Å²) in [4.78, 5) is 0. The summed E-state index contributed by atoms with van der Waals surface area (Å²) in [5.74, 6) is 0. The van der Waals surface area contributed by atoms with E-state index in [1.807, 2.05) is 0 Å². The first-order chi connectivity index (χ1) is 26.8. The molecule has 0 heterocycles. The SMILES string of the molecule is c1ccc(-c2cc(-c3ccccc3)cc(-c3ccc(-c4c5ccccc5c(-c5ccccc5)c5cc(-c6cccc7ccccc67)ccc45)cc3)c2)cc1. The van der Waals surface area contributed by atoms with Gasteiger partial charge in [0, 0.05) is 0 Å². The predicted molar refractivity (Wildman–Crippen MR) is 232 cm³/mol. The van der Waals surface area contributed by atoms with Crippen LogP contribution in [0.15, 0.2) is 218 Å². The Kier molecular flexibility index (Phi) is 7.93. The van der Waals surface area contributed by atoms with Crippen molar-refractivity contribution in [1.29, 1.82) is 0 Å². The number of hydrogen-bond donors (Lipinski definition) is 0. The molecular formula is C54H36. The van der Waals surface area contributed by atoms with Gasteiger partial charge < -0.3 is 0 Å². The Balaban J connectivity index is 1.17. The Morgan fingerprint density at radius 3 is 1.17 bits per heavy atom. The monoisotopic (exact) mass is 684 g/mol. The van der Waals surface area contributed by atoms with Crippen LogP contribution in [0.3, 0.4) is 0 Å². The molecule has 0 saturated carbocycles. The highest BCUT2D eigenvalue weighted by Crippen LogP contribution is 2.45. The van der Waals surface area contributed by atoms with Gasteiger partial charge in [-0.3, -0.25) is 0 Å². The van der Waals surface area contributed by atoms with Gasteiger partial charge in [0.1, 0.15) is 0 Å². The molecule has 0 aliphatic carbocycles. The number of hydrogen-bond acceptors (Lipinski definition) is 0. The summed E-state index contributed by atoms with van der Waals surface area (Å²) < 4.78 is 0. The smallest absolute Gasteiger partial charge is 0.00262 e. The second-order valence-corrected chi connectivity index (χ2v) is 14.1. The first-order valence-corrected chi connectivity index (χ1v) is 18.7. The van der Waals surface area contributed by atoms with Crippen molar-refractivity contribution in [3.05, 3.63) is 218 Å². The van der Waals surface area contributed by atoms with E-state index >= 15 is 0 Å². The Hall–Kier alpha value is -7.02. The molecule has 0 amide bonds. The van der Waals surface area contributed by atoms with Crippen LogP contribution >= 0.6 is 0 Å². The van der Waals surface area contributed by atoms with Crippen molar-refractivity contribution in [3.8, 4) is 66.8 Å². The third-order valence-electron chi connectivity index (χ3n) is 10.8. The van der Waals surface area contributed by atoms with Gasteiger partial charge in [-0.2, -0.15) is 0 Å². The molecule has 0 aliphatic heterocycles. The molecule has 10 aromatic carbocycles. The molecule has 54 heavy (non-hydrogen) atoms. The van der Waals surface area contributed by atoms with Gasteiger partial charge in [-0.1, -0.05) is 194 Å². The maximum Gasteiger partial charge on any atom is -0.00262 e. The van der Waals surface area contributed by atoms with Gasteiger partial charge in [0.05, 0.1) is 0 Å². The summed E-state index contributed by atoms with van der Waals surface area (Å²) in [5.41, 5.74) is 14.7. The van der Waals surface area contributed by atoms with Crippen LogP contribution in [-0.4, -0.2) is 0 Å². The molecule has 0 heteroatoms. The molecule has 0 atom stereocenters. The van der Waals surface area contributed by atoms with E-state index in [4.69, 9.17) is 0 Å². The molecule has 10 aromatic rings. The fourth-order valence-electron chi connectivity index (χ4n) is 8.27. The van der Waals surface area contributed by atoms with Gasteiger partial charge in [0.25, 0.3) is 0 Å². The Morgan fingerprint density at radius 1 is 0.185 bits per heavy atom. The lowest BCUT2D eigenvalue weighted by atomic mass is 9.84. The van der Waals surface area contributed by atoms with Crippen LogP contribution in [0.4, 0.5) is 0 Å². The Labute approximate surface area is 316 Å². The van der Waals surface area contributed by atoms with Crippen molar-refractivity contribution >= 4 is 32.3 Å². The molecule has 252 valence electrons. The number of fused-ring (bicyclic) bond motifs is 3. The summed E-state index contributed by atoms with van der Waals surface area (Å²) in [5, 5.41) is 7.54. The molecule has 0 fully saturated rings. The second-order valence-electron chi connectivity index (χ2n) is 14.1. The van der Waals surface area contributed by atoms with Crippen LogP contribution < -0.4 is 0 Å². The molecule has 0 unspecified atom stereocenters. The quantitative estimate of drug-likeness (QED) is 0.153. The molecular weight excluding hydrogens is 649 g/mol. The molecule has 0 radical (unpaired) electrons. The summed E-state index contributed by atoms with van der Waals surface area (Å²) in [6.07, 6.45) is 0. The summed E-state index contributed by atoms with van der Waals surface area (Å²) in [6.45, 7) is 0. The molecule has 0 spiro atoms. The lowest BCUT2D eigenvalue weighted by Gasteiger charge is -2.19. The van der Waals surface area contributed by atoms with Crippen molar-refractivity contribution < 1.29 is 0 Å². The minimum Gasteiger partial charge on any atom is -0.0622 e. The van der Waals surface area contributed by atoms with Gasteiger partial charge >= 0.3 is 0 Å². The van der Waals surface area contributed by atoms with Gasteiger partial charge in [0.15, 0.2) is 0 Å². The van der Waals surface area contributed by atoms with Crippen molar-refractivity contribution in [2.75, 3.05) is 0 Å². The van der Waals surface area contributed by atoms with Crippen molar-refractivity contribution in [1.82, 2.24) is 0 Å². The van der Waals surface area contributed by atoms with Crippen molar-refractivity contribution in [3.63, 3.8) is 0 Å². The molecule has 0 bridgehead atoms. The Bertz CT molecular complexity index is 2880. The van der Waals surface area contributed by atoms with Gasteiger partial charge in [-0.05, 0) is 123 Å². The van der Waals surface area contributed by atoms with E-state index in [1.165, 1.54) is 99.1 Å². The maximum atomic E-state index is 2.42. The molecule has 0 aliphatic rings. The van der Waals surface area contributed by atoms with Gasteiger partial charge in [-0.25, -0.2) is 0 Å². The summed E-state index contributed by atoms with van der Waals surface area (Å²) in [7, 11) is 0. The fourth-order valence-corrected chi connectivity index (χ4v) is 8.27. The highest BCUT2D eigenvalue weighted by Gasteiger charge is 2.18. The van der Waals surface area contributed by atoms with E-state index in [0.29, 0.717) is 0 Å². The summed E-state index contributed by atoms with van der Waals surface area (Å²) in [6, 6.07) is 79.8. The minimum atomic E-state index is 1.20. The average Bonchev–Trinajstić information content (AvgIpc) is 3.26. The van der Waals surface area contributed by atoms with Gasteiger partial charge in [-0.15, -0.1) is 0 Å². The average molecular weight is 685 g/mol. The van der Waals surface area contributed by atoms with Crippen LogP contribution in [0, 0.1) is 0 Å². The van der Waals surface area contributed by atoms with Crippen molar-refractivity contribution in [2.45, 2.75) is 0 Å². The second kappa shape index (κ2) is 13.5. The Morgan fingerprint density at radius 2 is 0.574 bits per heavy atom. The molecule has 0 aromatic heterocycles. The van der Waals surface area contributed by atoms with E-state index in [2.05, 4.69) is 218 Å². The highest BCUT2D eigenvalue weighted by atomic mass is 14.2. The van der Waals surface area contributed by atoms with E-state index in [0.717, 1.165) is 0 Å². The van der Waals surface area contributed by atoms with Gasteiger partial charge in [0.2, 0.25) is 0 Å². The minimum absolute atomic E-state index is 1.20. The molecule has 0 nitrogen and oxygen atoms in total. The van der Waals surface area contributed by atoms with E-state index in [1.54, 1.807) is 0 Å². The van der Waals surface area contributed by atoms with E-state index in [9.17, 15) is 0 Å². The van der Waals surface area contributed by atoms with Crippen LogP contribution in [0.25, 0.3) is 99.1 Å². The molecule has 0 saturated heterocycles. The van der Waals surface area contributed by atoms with Crippen LogP contribution in [0.1, 0.15) is 0 Å². The standard InChI is InChI=1S/C54H36/c1-4-15-37(16-5-1)44-33-45(38-17-6-2-7-18-38)35-46(34-44)39-27-29-42(30-28-39)53-49-24-12-13-25-50(49)54(41-20-8-3-9-21-41)52-36-43(31-32-51(52)53)48-26-14-22-40-19-10-11-23-47(40)48/h1-36H. The van der Waals surface area contributed by atoms with Crippen LogP contribution in [-0.2, 0) is 0 Å². The summed E-state index contributed by atoms with van der Waals surface area (Å²) >= 11 is 0. The predicted octanol–water partition coefficient (Wildman–Crippen LogP) is 15.1. The lowest BCUT2D eigenvalue weighted by Crippen LogP contribution is -1.92. The zero-order valence-corrected chi connectivity index (χ0v) is 29.8. The molecule has 0 N–H and O–H groups in total. The van der Waals surface area contributed by atoms with Crippen molar-refractivity contribution in [2.24, 2.45) is 0 Å². The van der Waals surface area contributed by atoms with Crippen LogP contribution in [0.2, 0.25) is 0 Å². The molecule has 10 rings (SSSR count). The number of rotatable bonds is 6. The maximum absolute atomic E-state index is 2.42. The zero-order valence-electron chi connectivity index (χ0n) is 29.8. The van der Waals surface area contributed by atoms with Crippen LogP contribution in [0.5, 0.6) is 0 Å². The zero-order chi connectivity index (χ0) is 35.8. The largest absolute Gasteiger partial charge is 0.0622 e. The van der Waals surface area contributed by atoms with E-state index in [-0.39, 0.29) is 0 Å². The highest BCUT2D eigenvalue weighted by molar-refractivity contribution is 6.22. The number of benzene rings is 10. The third kappa shape index (κ3) is 5.66. The normalized spacial score (nSPS) is 11.3.